The highest BCUT2D eigenvalue weighted by molar-refractivity contribution is 5.57. The van der Waals surface area contributed by atoms with Gasteiger partial charge in [-0.3, -0.25) is 4.68 Å². The van der Waals surface area contributed by atoms with E-state index in [0.29, 0.717) is 6.61 Å². The molecule has 1 saturated carbocycles. The fourth-order valence-corrected chi connectivity index (χ4v) is 3.39. The molecule has 1 spiro atoms. The topological polar surface area (TPSA) is 49.4 Å². The summed E-state index contributed by atoms with van der Waals surface area (Å²) in [7, 11) is 1.95. The van der Waals surface area contributed by atoms with Crippen LogP contribution in [0.25, 0.3) is 11.3 Å². The molecule has 5 heteroatoms. The van der Waals surface area contributed by atoms with Gasteiger partial charge in [-0.2, -0.15) is 5.10 Å². The second-order valence-corrected chi connectivity index (χ2v) is 5.98. The van der Waals surface area contributed by atoms with E-state index in [2.05, 4.69) is 11.2 Å². The standard InChI is InChI=1S/C16H20N2O3/c1-18-14(9-13(17-18)12-5-8-19-10-12)15-11-20-16(21-15)6-3-2-4-7-16/h5,8-10,15H,2-4,6-7,11H2,1H3. The van der Waals surface area contributed by atoms with E-state index in [1.807, 2.05) is 17.8 Å². The number of ether oxygens (including phenoxy) is 2. The predicted molar refractivity (Wildman–Crippen MR) is 76.5 cm³/mol. The van der Waals surface area contributed by atoms with Gasteiger partial charge in [-0.15, -0.1) is 0 Å². The van der Waals surface area contributed by atoms with E-state index in [-0.39, 0.29) is 11.9 Å². The lowest BCUT2D eigenvalue weighted by molar-refractivity contribution is -0.188. The molecular formula is C16H20N2O3. The lowest BCUT2D eigenvalue weighted by Gasteiger charge is -2.31. The minimum atomic E-state index is -0.344. The van der Waals surface area contributed by atoms with Crippen molar-refractivity contribution in [2.45, 2.75) is 44.0 Å². The highest BCUT2D eigenvalue weighted by atomic mass is 16.7. The van der Waals surface area contributed by atoms with Gasteiger partial charge in [0, 0.05) is 25.5 Å². The van der Waals surface area contributed by atoms with Crippen LogP contribution in [0.5, 0.6) is 0 Å². The molecule has 3 heterocycles. The van der Waals surface area contributed by atoms with Crippen LogP contribution in [0.15, 0.2) is 29.1 Å². The molecule has 5 nitrogen and oxygen atoms in total. The van der Waals surface area contributed by atoms with Crippen LogP contribution in [-0.4, -0.2) is 22.2 Å². The van der Waals surface area contributed by atoms with Crippen molar-refractivity contribution in [2.24, 2.45) is 7.05 Å². The average molecular weight is 288 g/mol. The fourth-order valence-electron chi connectivity index (χ4n) is 3.39. The molecule has 0 amide bonds. The maximum atomic E-state index is 6.28. The number of aromatic nitrogens is 2. The Balaban J connectivity index is 1.57. The van der Waals surface area contributed by atoms with E-state index < -0.39 is 0 Å². The van der Waals surface area contributed by atoms with Crippen LogP contribution >= 0.6 is 0 Å². The molecule has 0 bridgehead atoms. The van der Waals surface area contributed by atoms with Gasteiger partial charge in [0.15, 0.2) is 5.79 Å². The van der Waals surface area contributed by atoms with E-state index in [0.717, 1.165) is 29.8 Å². The van der Waals surface area contributed by atoms with Gasteiger partial charge < -0.3 is 13.9 Å². The zero-order chi connectivity index (χ0) is 14.3. The summed E-state index contributed by atoms with van der Waals surface area (Å²) < 4.78 is 19.3. The second-order valence-electron chi connectivity index (χ2n) is 5.98. The lowest BCUT2D eigenvalue weighted by atomic mass is 9.94. The molecule has 112 valence electrons. The first-order valence-corrected chi connectivity index (χ1v) is 7.64. The smallest absolute Gasteiger partial charge is 0.169 e. The Morgan fingerprint density at radius 2 is 2.14 bits per heavy atom. The minimum Gasteiger partial charge on any atom is -0.472 e. The normalized spacial score (nSPS) is 24.7. The van der Waals surface area contributed by atoms with Crippen molar-refractivity contribution in [3.8, 4) is 11.3 Å². The summed E-state index contributed by atoms with van der Waals surface area (Å²) in [4.78, 5) is 0. The number of hydrogen-bond donors (Lipinski definition) is 0. The number of furan rings is 1. The molecule has 1 saturated heterocycles. The van der Waals surface area contributed by atoms with Gasteiger partial charge in [-0.05, 0) is 25.0 Å². The third-order valence-electron chi connectivity index (χ3n) is 4.53. The van der Waals surface area contributed by atoms with Crippen molar-refractivity contribution >= 4 is 0 Å². The minimum absolute atomic E-state index is 0.0266. The molecule has 2 fully saturated rings. The van der Waals surface area contributed by atoms with Crippen LogP contribution < -0.4 is 0 Å². The molecule has 0 radical (unpaired) electrons. The SMILES string of the molecule is Cn1nc(-c2ccoc2)cc1C1COC2(CCCCC2)O1. The Hall–Kier alpha value is -1.59. The van der Waals surface area contributed by atoms with Gasteiger partial charge in [0.1, 0.15) is 6.10 Å². The number of hydrogen-bond acceptors (Lipinski definition) is 4. The summed E-state index contributed by atoms with van der Waals surface area (Å²) in [5.41, 5.74) is 2.96. The van der Waals surface area contributed by atoms with Crippen LogP contribution in [0.4, 0.5) is 0 Å². The molecule has 0 aromatic carbocycles. The molecule has 4 rings (SSSR count). The van der Waals surface area contributed by atoms with Crippen molar-refractivity contribution in [1.82, 2.24) is 9.78 Å². The number of aryl methyl sites for hydroxylation is 1. The van der Waals surface area contributed by atoms with Crippen molar-refractivity contribution in [3.63, 3.8) is 0 Å². The summed E-state index contributed by atoms with van der Waals surface area (Å²) in [6, 6.07) is 3.99. The van der Waals surface area contributed by atoms with Crippen molar-refractivity contribution in [2.75, 3.05) is 6.61 Å². The molecule has 2 aromatic heterocycles. The van der Waals surface area contributed by atoms with Crippen LogP contribution in [0.2, 0.25) is 0 Å². The molecule has 21 heavy (non-hydrogen) atoms. The monoisotopic (exact) mass is 288 g/mol. The van der Waals surface area contributed by atoms with E-state index in [1.165, 1.54) is 19.3 Å². The summed E-state index contributed by atoms with van der Waals surface area (Å²) >= 11 is 0. The van der Waals surface area contributed by atoms with Crippen molar-refractivity contribution < 1.29 is 13.9 Å². The highest BCUT2D eigenvalue weighted by Crippen LogP contribution is 2.42. The molecule has 1 atom stereocenters. The summed E-state index contributed by atoms with van der Waals surface area (Å²) in [5.74, 6) is -0.344. The second kappa shape index (κ2) is 5.00. The Morgan fingerprint density at radius 3 is 2.90 bits per heavy atom. The average Bonchev–Trinajstić information content (AvgIpc) is 3.20. The van der Waals surface area contributed by atoms with Crippen LogP contribution in [0.3, 0.4) is 0 Å². The third-order valence-corrected chi connectivity index (χ3v) is 4.53. The zero-order valence-corrected chi connectivity index (χ0v) is 12.2. The molecule has 0 N–H and O–H groups in total. The summed E-state index contributed by atoms with van der Waals surface area (Å²) in [5, 5.41) is 4.55. The highest BCUT2D eigenvalue weighted by Gasteiger charge is 2.43. The van der Waals surface area contributed by atoms with Gasteiger partial charge in [-0.25, -0.2) is 0 Å². The molecular weight excluding hydrogens is 268 g/mol. The maximum Gasteiger partial charge on any atom is 0.169 e. The lowest BCUT2D eigenvalue weighted by Crippen LogP contribution is -2.32. The first kappa shape index (κ1) is 13.1. The Morgan fingerprint density at radius 1 is 1.29 bits per heavy atom. The van der Waals surface area contributed by atoms with Crippen LogP contribution in [-0.2, 0) is 16.5 Å². The van der Waals surface area contributed by atoms with E-state index in [1.54, 1.807) is 12.5 Å². The molecule has 1 aliphatic carbocycles. The zero-order valence-electron chi connectivity index (χ0n) is 12.2. The van der Waals surface area contributed by atoms with Gasteiger partial charge in [-0.1, -0.05) is 6.42 Å². The van der Waals surface area contributed by atoms with E-state index in [4.69, 9.17) is 13.9 Å². The van der Waals surface area contributed by atoms with Gasteiger partial charge in [0.25, 0.3) is 0 Å². The largest absolute Gasteiger partial charge is 0.472 e. The molecule has 2 aliphatic rings. The predicted octanol–water partition coefficient (Wildman–Crippen LogP) is 3.43. The van der Waals surface area contributed by atoms with E-state index >= 15 is 0 Å². The Kier molecular flexibility index (Phi) is 3.12. The van der Waals surface area contributed by atoms with Crippen LogP contribution in [0, 0.1) is 0 Å². The quantitative estimate of drug-likeness (QED) is 0.849. The van der Waals surface area contributed by atoms with Gasteiger partial charge >= 0.3 is 0 Å². The number of nitrogens with zero attached hydrogens (tertiary/aromatic N) is 2. The van der Waals surface area contributed by atoms with Gasteiger partial charge in [0.2, 0.25) is 0 Å². The summed E-state index contributed by atoms with van der Waals surface area (Å²) in [6.45, 7) is 0.615. The molecule has 2 aromatic rings. The van der Waals surface area contributed by atoms with E-state index in [9.17, 15) is 0 Å². The molecule has 1 aliphatic heterocycles. The Labute approximate surface area is 123 Å². The van der Waals surface area contributed by atoms with Gasteiger partial charge in [0.05, 0.1) is 30.5 Å². The molecule has 1 unspecified atom stereocenters. The first-order chi connectivity index (χ1) is 10.3. The van der Waals surface area contributed by atoms with Crippen molar-refractivity contribution in [1.29, 1.82) is 0 Å². The van der Waals surface area contributed by atoms with Crippen molar-refractivity contribution in [3.05, 3.63) is 30.4 Å². The fraction of sp³-hybridized carbons (Fsp3) is 0.562. The first-order valence-electron chi connectivity index (χ1n) is 7.64. The number of rotatable bonds is 2. The Bertz CT molecular complexity index is 612. The van der Waals surface area contributed by atoms with Crippen LogP contribution in [0.1, 0.15) is 43.9 Å². The maximum absolute atomic E-state index is 6.28. The summed E-state index contributed by atoms with van der Waals surface area (Å²) in [6.07, 6.45) is 9.04. The third kappa shape index (κ3) is 2.30.